The van der Waals surface area contributed by atoms with E-state index in [1.54, 1.807) is 36.4 Å². The normalized spacial score (nSPS) is 16.9. The number of nitrogens with one attached hydrogen (secondary N) is 3. The molecule has 6 nitrogen and oxygen atoms in total. The molecule has 0 radical (unpaired) electrons. The van der Waals surface area contributed by atoms with Gasteiger partial charge in [-0.15, -0.1) is 0 Å². The Kier molecular flexibility index (Phi) is 9.25. The Bertz CT molecular complexity index is 1000. The molecule has 1 aliphatic carbocycles. The van der Waals surface area contributed by atoms with Gasteiger partial charge >= 0.3 is 17.1 Å². The third-order valence-corrected chi connectivity index (χ3v) is 6.18. The monoisotopic (exact) mass is 499 g/mol. The number of benzene rings is 1. The summed E-state index contributed by atoms with van der Waals surface area (Å²) >= 11 is 0. The Morgan fingerprint density at radius 3 is 1.97 bits per heavy atom. The minimum atomic E-state index is -1.14. The van der Waals surface area contributed by atoms with Crippen molar-refractivity contribution in [2.24, 2.45) is 5.92 Å². The average molecular weight is 499 g/mol. The van der Waals surface area contributed by atoms with E-state index < -0.39 is 23.7 Å². The molecule has 0 spiro atoms. The number of carbonyl (C=O) groups is 3. The number of hydrogen-bond donors (Lipinski definition) is 3. The fraction of sp³-hybridized carbons (Fsp3) is 0.296. The molecule has 1 fully saturated rings. The minimum Gasteiger partial charge on any atom is -0.354 e. The van der Waals surface area contributed by atoms with Crippen LogP contribution in [-0.2, 0) is 31.5 Å². The van der Waals surface area contributed by atoms with Crippen LogP contribution in [0.2, 0.25) is 0 Å². The Hall–Kier alpha value is -3.15. The standard InChI is InChI=1S/C22H24N3O3.C5H5.Fe/c26-20(23-15-10-2-1-3-11-15)18(14-8-4-5-9-14)19-21(27)24-16-12-6-7-13-17(16)25-22(19)28;1-2-4-5-3-1;/h4-9,12-13,15,18-19H,1-3,10-11H2,(H,23,26)(H,24,27)(H,25,28);1-5H;/q2*-1;+2. The van der Waals surface area contributed by atoms with E-state index in [9.17, 15) is 14.4 Å². The summed E-state index contributed by atoms with van der Waals surface area (Å²) in [6, 6.07) is 24.4. The summed E-state index contributed by atoms with van der Waals surface area (Å²) in [5.41, 5.74) is 1.75. The van der Waals surface area contributed by atoms with Gasteiger partial charge in [0, 0.05) is 12.0 Å². The van der Waals surface area contributed by atoms with Gasteiger partial charge in [0.05, 0.1) is 11.4 Å². The molecule has 1 heterocycles. The molecule has 5 rings (SSSR count). The van der Waals surface area contributed by atoms with Crippen molar-refractivity contribution in [1.29, 1.82) is 0 Å². The number of fused-ring (bicyclic) bond motifs is 1. The third kappa shape index (κ3) is 6.25. The van der Waals surface area contributed by atoms with Crippen LogP contribution in [0.15, 0.2) is 78.9 Å². The zero-order chi connectivity index (χ0) is 23.0. The molecular weight excluding hydrogens is 470 g/mol. The summed E-state index contributed by atoms with van der Waals surface area (Å²) in [4.78, 5) is 39.2. The Balaban J connectivity index is 0.000000481. The van der Waals surface area contributed by atoms with Gasteiger partial charge in [-0.1, -0.05) is 31.4 Å². The van der Waals surface area contributed by atoms with E-state index in [0.717, 1.165) is 25.7 Å². The van der Waals surface area contributed by atoms with Gasteiger partial charge in [-0.3, -0.25) is 14.4 Å². The van der Waals surface area contributed by atoms with Crippen molar-refractivity contribution < 1.29 is 31.5 Å². The first-order valence-corrected chi connectivity index (χ1v) is 11.5. The van der Waals surface area contributed by atoms with Crippen LogP contribution in [0, 0.1) is 5.92 Å². The van der Waals surface area contributed by atoms with Gasteiger partial charge < -0.3 is 16.0 Å². The van der Waals surface area contributed by atoms with Gasteiger partial charge in [-0.05, 0) is 25.0 Å². The van der Waals surface area contributed by atoms with Gasteiger partial charge in [-0.25, -0.2) is 18.2 Å². The number of carbonyl (C=O) groups excluding carboxylic acids is 3. The molecule has 0 aromatic heterocycles. The molecule has 7 heteroatoms. The molecule has 3 aromatic rings. The number of rotatable bonds is 4. The number of para-hydroxylation sites is 2. The third-order valence-electron chi connectivity index (χ3n) is 6.18. The molecule has 0 bridgehead atoms. The predicted molar refractivity (Wildman–Crippen MR) is 129 cm³/mol. The van der Waals surface area contributed by atoms with E-state index in [2.05, 4.69) is 16.0 Å². The summed E-state index contributed by atoms with van der Waals surface area (Å²) in [6.07, 6.45) is 5.24. The van der Waals surface area contributed by atoms with Gasteiger partial charge in [0.2, 0.25) is 17.7 Å². The van der Waals surface area contributed by atoms with Crippen LogP contribution in [0.5, 0.6) is 0 Å². The average Bonchev–Trinajstić information content (AvgIpc) is 3.54. The van der Waals surface area contributed by atoms with Crippen molar-refractivity contribution in [2.45, 2.75) is 44.1 Å². The fourth-order valence-corrected chi connectivity index (χ4v) is 4.49. The van der Waals surface area contributed by atoms with Crippen LogP contribution in [0.25, 0.3) is 0 Å². The molecule has 178 valence electrons. The molecule has 2 aliphatic rings. The first kappa shape index (κ1) is 25.5. The van der Waals surface area contributed by atoms with E-state index in [1.807, 2.05) is 42.5 Å². The largest absolute Gasteiger partial charge is 2.00 e. The van der Waals surface area contributed by atoms with Crippen LogP contribution in [0.3, 0.4) is 0 Å². The predicted octanol–water partition coefficient (Wildman–Crippen LogP) is 4.55. The first-order chi connectivity index (χ1) is 16.1. The number of amides is 3. The van der Waals surface area contributed by atoms with Crippen molar-refractivity contribution in [3.05, 3.63) is 84.4 Å². The molecule has 0 saturated heterocycles. The van der Waals surface area contributed by atoms with Crippen molar-refractivity contribution >= 4 is 29.1 Å². The minimum absolute atomic E-state index is 0. The Morgan fingerprint density at radius 1 is 0.853 bits per heavy atom. The molecule has 1 saturated carbocycles. The van der Waals surface area contributed by atoms with E-state index >= 15 is 0 Å². The topological polar surface area (TPSA) is 87.3 Å². The number of anilines is 2. The molecule has 1 atom stereocenters. The molecule has 3 N–H and O–H groups in total. The first-order valence-electron chi connectivity index (χ1n) is 11.5. The van der Waals surface area contributed by atoms with Crippen LogP contribution in [-0.4, -0.2) is 23.8 Å². The van der Waals surface area contributed by atoms with E-state index in [4.69, 9.17) is 0 Å². The van der Waals surface area contributed by atoms with E-state index in [1.165, 1.54) is 6.42 Å². The Morgan fingerprint density at radius 2 is 1.47 bits per heavy atom. The van der Waals surface area contributed by atoms with Crippen molar-refractivity contribution in [3.63, 3.8) is 0 Å². The summed E-state index contributed by atoms with van der Waals surface area (Å²) in [6.45, 7) is 0. The maximum absolute atomic E-state index is 13.2. The molecule has 3 amide bonds. The number of hydrogen-bond acceptors (Lipinski definition) is 3. The summed E-state index contributed by atoms with van der Waals surface area (Å²) in [7, 11) is 0. The summed E-state index contributed by atoms with van der Waals surface area (Å²) in [5.74, 6) is -3.20. The van der Waals surface area contributed by atoms with Crippen LogP contribution >= 0.6 is 0 Å². The Labute approximate surface area is 210 Å². The maximum atomic E-state index is 13.2. The molecule has 3 aromatic carbocycles. The second-order valence-corrected chi connectivity index (χ2v) is 8.50. The summed E-state index contributed by atoms with van der Waals surface area (Å²) < 4.78 is 0. The second kappa shape index (κ2) is 12.4. The van der Waals surface area contributed by atoms with Crippen LogP contribution < -0.4 is 16.0 Å². The van der Waals surface area contributed by atoms with Gasteiger partial charge in [0.25, 0.3) is 0 Å². The SMILES string of the molecule is O=C1Nc2ccccc2NC(=O)C1C(C(=O)NC1CCCCC1)c1cc[cH-]c1.[Fe+2].c1cc[cH-]c1. The van der Waals surface area contributed by atoms with Crippen LogP contribution in [0.1, 0.15) is 43.6 Å². The van der Waals surface area contributed by atoms with E-state index in [0.29, 0.717) is 16.9 Å². The van der Waals surface area contributed by atoms with E-state index in [-0.39, 0.29) is 29.0 Å². The zero-order valence-corrected chi connectivity index (χ0v) is 20.0. The fourth-order valence-electron chi connectivity index (χ4n) is 4.49. The maximum Gasteiger partial charge on any atom is 2.00 e. The molecule has 1 unspecified atom stereocenters. The van der Waals surface area contributed by atoms with Gasteiger partial charge in [-0.2, -0.15) is 42.0 Å². The van der Waals surface area contributed by atoms with Crippen molar-refractivity contribution in [3.8, 4) is 0 Å². The second-order valence-electron chi connectivity index (χ2n) is 8.50. The summed E-state index contributed by atoms with van der Waals surface area (Å²) in [5, 5.41) is 8.69. The molecule has 34 heavy (non-hydrogen) atoms. The van der Waals surface area contributed by atoms with Crippen molar-refractivity contribution in [2.75, 3.05) is 10.6 Å². The smallest absolute Gasteiger partial charge is 0.354 e. The van der Waals surface area contributed by atoms with Gasteiger partial charge in [0.15, 0.2) is 0 Å². The zero-order valence-electron chi connectivity index (χ0n) is 18.9. The molecular formula is C27H29FeN3O3. The quantitative estimate of drug-likeness (QED) is 0.280. The molecule has 1 aliphatic heterocycles. The van der Waals surface area contributed by atoms with Crippen LogP contribution in [0.4, 0.5) is 11.4 Å². The van der Waals surface area contributed by atoms with Crippen molar-refractivity contribution in [1.82, 2.24) is 5.32 Å². The van der Waals surface area contributed by atoms with Gasteiger partial charge in [0.1, 0.15) is 5.92 Å².